The van der Waals surface area contributed by atoms with E-state index in [2.05, 4.69) is 0 Å². The van der Waals surface area contributed by atoms with Crippen molar-refractivity contribution >= 4 is 15.7 Å². The van der Waals surface area contributed by atoms with Gasteiger partial charge in [-0.3, -0.25) is 0 Å². The summed E-state index contributed by atoms with van der Waals surface area (Å²) in [6, 6.07) is 15.7. The molecular weight excluding hydrogens is 343 g/mol. The smallest absolute Gasteiger partial charge is 0.217 e. The summed E-state index contributed by atoms with van der Waals surface area (Å²) in [6.07, 6.45) is 0. The fourth-order valence-corrected chi connectivity index (χ4v) is 4.10. The van der Waals surface area contributed by atoms with Crippen molar-refractivity contribution in [1.82, 2.24) is 4.31 Å². The summed E-state index contributed by atoms with van der Waals surface area (Å²) in [5.41, 5.74) is 0.520. The molecule has 0 radical (unpaired) electrons. The van der Waals surface area contributed by atoms with E-state index in [9.17, 15) is 12.8 Å². The highest BCUT2D eigenvalue weighted by Crippen LogP contribution is 2.21. The zero-order valence-corrected chi connectivity index (χ0v) is 14.7. The molecule has 7 heteroatoms. The van der Waals surface area contributed by atoms with Gasteiger partial charge < -0.3 is 9.64 Å². The van der Waals surface area contributed by atoms with Crippen molar-refractivity contribution in [1.29, 1.82) is 0 Å². The molecule has 1 fully saturated rings. The Labute approximate surface area is 147 Å². The lowest BCUT2D eigenvalue weighted by Crippen LogP contribution is -2.49. The highest BCUT2D eigenvalue weighted by atomic mass is 32.2. The van der Waals surface area contributed by atoms with Crippen LogP contribution in [0, 0.1) is 5.82 Å². The molecule has 5 nitrogen and oxygen atoms in total. The highest BCUT2D eigenvalue weighted by Gasteiger charge is 2.27. The normalized spacial score (nSPS) is 16.0. The van der Waals surface area contributed by atoms with E-state index in [1.807, 2.05) is 23.1 Å². The third-order valence-corrected chi connectivity index (χ3v) is 6.01. The molecule has 0 aromatic heterocycles. The van der Waals surface area contributed by atoms with Gasteiger partial charge in [0.1, 0.15) is 18.2 Å². The molecule has 0 unspecified atom stereocenters. The van der Waals surface area contributed by atoms with E-state index in [4.69, 9.17) is 4.74 Å². The molecule has 1 aliphatic heterocycles. The minimum atomic E-state index is -3.38. The molecule has 0 aliphatic carbocycles. The van der Waals surface area contributed by atoms with Crippen LogP contribution in [0.1, 0.15) is 0 Å². The predicted molar refractivity (Wildman–Crippen MR) is 95.9 cm³/mol. The highest BCUT2D eigenvalue weighted by molar-refractivity contribution is 7.89. The molecule has 3 rings (SSSR count). The number of piperazine rings is 1. The second kappa shape index (κ2) is 7.84. The van der Waals surface area contributed by atoms with E-state index in [1.54, 1.807) is 30.3 Å². The molecule has 25 heavy (non-hydrogen) atoms. The minimum Gasteiger partial charge on any atom is -0.492 e. The Morgan fingerprint density at radius 3 is 2.24 bits per heavy atom. The molecule has 0 atom stereocenters. The molecule has 0 spiro atoms. The Kier molecular flexibility index (Phi) is 5.55. The number of halogens is 1. The van der Waals surface area contributed by atoms with Crippen molar-refractivity contribution in [2.24, 2.45) is 0 Å². The molecule has 1 heterocycles. The minimum absolute atomic E-state index is 0.0679. The van der Waals surface area contributed by atoms with Gasteiger partial charge in [0.15, 0.2) is 0 Å². The number of para-hydroxylation sites is 2. The van der Waals surface area contributed by atoms with Gasteiger partial charge in [-0.25, -0.2) is 12.8 Å². The number of rotatable bonds is 6. The number of hydrogen-bond acceptors (Lipinski definition) is 4. The number of benzene rings is 2. The van der Waals surface area contributed by atoms with Crippen LogP contribution in [0.3, 0.4) is 0 Å². The summed E-state index contributed by atoms with van der Waals surface area (Å²) in [4.78, 5) is 1.88. The largest absolute Gasteiger partial charge is 0.492 e. The zero-order chi connectivity index (χ0) is 17.7. The van der Waals surface area contributed by atoms with Gasteiger partial charge >= 0.3 is 0 Å². The van der Waals surface area contributed by atoms with Crippen molar-refractivity contribution < 1.29 is 17.5 Å². The maximum atomic E-state index is 13.8. The molecule has 0 bridgehead atoms. The van der Waals surface area contributed by atoms with Crippen LogP contribution in [-0.2, 0) is 10.0 Å². The zero-order valence-electron chi connectivity index (χ0n) is 13.8. The van der Waals surface area contributed by atoms with E-state index >= 15 is 0 Å². The first kappa shape index (κ1) is 17.7. The monoisotopic (exact) mass is 364 g/mol. The third-order valence-electron chi connectivity index (χ3n) is 4.18. The fraction of sp³-hybridized carbons (Fsp3) is 0.333. The van der Waals surface area contributed by atoms with E-state index in [0.717, 1.165) is 0 Å². The van der Waals surface area contributed by atoms with Gasteiger partial charge in [0.25, 0.3) is 0 Å². The summed E-state index contributed by atoms with van der Waals surface area (Å²) in [5, 5.41) is 0. The Balaban J connectivity index is 1.52. The number of anilines is 1. The SMILES string of the molecule is O=S(=O)(CCOc1ccccc1)N1CCN(c2ccccc2F)CC1. The van der Waals surface area contributed by atoms with E-state index in [0.29, 0.717) is 37.6 Å². The Hall–Kier alpha value is -2.12. The number of sulfonamides is 1. The first-order valence-electron chi connectivity index (χ1n) is 8.21. The number of hydrogen-bond donors (Lipinski definition) is 0. The molecule has 134 valence electrons. The van der Waals surface area contributed by atoms with E-state index < -0.39 is 10.0 Å². The van der Waals surface area contributed by atoms with Crippen LogP contribution in [0.4, 0.5) is 10.1 Å². The van der Waals surface area contributed by atoms with Crippen molar-refractivity contribution in [3.05, 3.63) is 60.4 Å². The van der Waals surface area contributed by atoms with Gasteiger partial charge in [-0.15, -0.1) is 0 Å². The van der Waals surface area contributed by atoms with Crippen LogP contribution in [0.25, 0.3) is 0 Å². The summed E-state index contributed by atoms with van der Waals surface area (Å²) in [7, 11) is -3.38. The van der Waals surface area contributed by atoms with Gasteiger partial charge in [-0.1, -0.05) is 30.3 Å². The van der Waals surface area contributed by atoms with Crippen molar-refractivity contribution in [2.45, 2.75) is 0 Å². The van der Waals surface area contributed by atoms with Crippen molar-refractivity contribution in [3.63, 3.8) is 0 Å². The molecule has 0 saturated carbocycles. The molecule has 0 amide bonds. The van der Waals surface area contributed by atoms with Crippen LogP contribution < -0.4 is 9.64 Å². The lowest BCUT2D eigenvalue weighted by molar-refractivity contribution is 0.331. The molecule has 2 aromatic rings. The lowest BCUT2D eigenvalue weighted by Gasteiger charge is -2.35. The lowest BCUT2D eigenvalue weighted by atomic mass is 10.2. The Morgan fingerprint density at radius 1 is 0.920 bits per heavy atom. The Morgan fingerprint density at radius 2 is 1.56 bits per heavy atom. The summed E-state index contributed by atoms with van der Waals surface area (Å²) < 4.78 is 45.7. The molecule has 1 aliphatic rings. The van der Waals surface area contributed by atoms with Crippen LogP contribution in [0.5, 0.6) is 5.75 Å². The summed E-state index contributed by atoms with van der Waals surface area (Å²) in [5.74, 6) is 0.304. The third kappa shape index (κ3) is 4.49. The second-order valence-corrected chi connectivity index (χ2v) is 7.90. The molecule has 0 N–H and O–H groups in total. The van der Waals surface area contributed by atoms with Crippen LogP contribution in [0.2, 0.25) is 0 Å². The van der Waals surface area contributed by atoms with Crippen LogP contribution >= 0.6 is 0 Å². The maximum Gasteiger partial charge on any atom is 0.217 e. The van der Waals surface area contributed by atoms with Gasteiger partial charge in [-0.2, -0.15) is 4.31 Å². The topological polar surface area (TPSA) is 49.9 Å². The number of nitrogens with zero attached hydrogens (tertiary/aromatic N) is 2. The van der Waals surface area contributed by atoms with Gasteiger partial charge in [-0.05, 0) is 24.3 Å². The average molecular weight is 364 g/mol. The van der Waals surface area contributed by atoms with E-state index in [-0.39, 0.29) is 18.2 Å². The number of ether oxygens (including phenoxy) is 1. The average Bonchev–Trinajstić information content (AvgIpc) is 2.63. The van der Waals surface area contributed by atoms with E-state index in [1.165, 1.54) is 10.4 Å². The van der Waals surface area contributed by atoms with Crippen molar-refractivity contribution in [3.8, 4) is 5.75 Å². The van der Waals surface area contributed by atoms with Crippen molar-refractivity contribution in [2.75, 3.05) is 43.4 Å². The predicted octanol–water partition coefficient (Wildman–Crippen LogP) is 2.36. The fourth-order valence-electron chi connectivity index (χ4n) is 2.83. The quantitative estimate of drug-likeness (QED) is 0.790. The second-order valence-electron chi connectivity index (χ2n) is 5.82. The maximum absolute atomic E-state index is 13.8. The van der Waals surface area contributed by atoms with Crippen LogP contribution in [0.15, 0.2) is 54.6 Å². The van der Waals surface area contributed by atoms with Gasteiger partial charge in [0.2, 0.25) is 10.0 Å². The first-order valence-corrected chi connectivity index (χ1v) is 9.82. The standard InChI is InChI=1S/C18H21FN2O3S/c19-17-8-4-5-9-18(17)20-10-12-21(13-11-20)25(22,23)15-14-24-16-6-2-1-3-7-16/h1-9H,10-15H2. The van der Waals surface area contributed by atoms with Gasteiger partial charge in [0.05, 0.1) is 11.4 Å². The first-order chi connectivity index (χ1) is 12.1. The molecule has 1 saturated heterocycles. The van der Waals surface area contributed by atoms with Gasteiger partial charge in [0, 0.05) is 26.2 Å². The molecular formula is C18H21FN2O3S. The van der Waals surface area contributed by atoms with Crippen LogP contribution in [-0.4, -0.2) is 51.3 Å². The molecule has 2 aromatic carbocycles. The summed E-state index contributed by atoms with van der Waals surface area (Å²) in [6.45, 7) is 1.75. The summed E-state index contributed by atoms with van der Waals surface area (Å²) >= 11 is 0. The Bertz CT molecular complexity index is 791.